The highest BCUT2D eigenvalue weighted by Crippen LogP contribution is 2.30. The molecule has 0 aliphatic heterocycles. The van der Waals surface area contributed by atoms with Crippen molar-refractivity contribution in [1.82, 2.24) is 10.2 Å². The summed E-state index contributed by atoms with van der Waals surface area (Å²) in [5.74, 6) is -0.491. The molecular formula is C12H15Cl2N3O3. The van der Waals surface area contributed by atoms with E-state index in [0.717, 1.165) is 12.1 Å². The van der Waals surface area contributed by atoms with Crippen molar-refractivity contribution in [2.75, 3.05) is 20.6 Å². The number of nitrogens with one attached hydrogen (secondary N) is 1. The van der Waals surface area contributed by atoms with Crippen molar-refractivity contribution in [2.24, 2.45) is 0 Å². The summed E-state index contributed by atoms with van der Waals surface area (Å²) in [5.41, 5.74) is -0.277. The van der Waals surface area contributed by atoms with Crippen LogP contribution < -0.4 is 5.32 Å². The molecule has 0 bridgehead atoms. The van der Waals surface area contributed by atoms with Crippen LogP contribution in [0, 0.1) is 10.1 Å². The lowest BCUT2D eigenvalue weighted by Gasteiger charge is -2.18. The average molecular weight is 320 g/mol. The highest BCUT2D eigenvalue weighted by atomic mass is 35.5. The van der Waals surface area contributed by atoms with E-state index in [9.17, 15) is 14.9 Å². The minimum Gasteiger partial charge on any atom is -0.348 e. The highest BCUT2D eigenvalue weighted by Gasteiger charge is 2.20. The van der Waals surface area contributed by atoms with Crippen LogP contribution in [-0.4, -0.2) is 42.4 Å². The molecule has 0 aromatic heterocycles. The third kappa shape index (κ3) is 4.33. The summed E-state index contributed by atoms with van der Waals surface area (Å²) in [4.78, 5) is 24.1. The number of rotatable bonds is 5. The van der Waals surface area contributed by atoms with Crippen LogP contribution in [0.3, 0.4) is 0 Å². The van der Waals surface area contributed by atoms with E-state index in [0.29, 0.717) is 6.54 Å². The molecule has 0 aliphatic rings. The zero-order valence-corrected chi connectivity index (χ0v) is 12.8. The van der Waals surface area contributed by atoms with E-state index in [1.165, 1.54) is 0 Å². The van der Waals surface area contributed by atoms with Gasteiger partial charge in [0.15, 0.2) is 0 Å². The van der Waals surface area contributed by atoms with Crippen LogP contribution in [0.2, 0.25) is 10.0 Å². The maximum atomic E-state index is 12.1. The van der Waals surface area contributed by atoms with Crippen molar-refractivity contribution < 1.29 is 9.72 Å². The molecule has 20 heavy (non-hydrogen) atoms. The van der Waals surface area contributed by atoms with E-state index < -0.39 is 10.8 Å². The van der Waals surface area contributed by atoms with Crippen LogP contribution in [0.25, 0.3) is 0 Å². The predicted octanol–water partition coefficient (Wildman–Crippen LogP) is 2.58. The molecule has 0 spiro atoms. The van der Waals surface area contributed by atoms with E-state index in [-0.39, 0.29) is 27.3 Å². The van der Waals surface area contributed by atoms with Crippen LogP contribution in [0.1, 0.15) is 17.3 Å². The Morgan fingerprint density at radius 2 is 2.05 bits per heavy atom. The first-order valence-corrected chi connectivity index (χ1v) is 6.57. The molecule has 1 rings (SSSR count). The van der Waals surface area contributed by atoms with Crippen LogP contribution >= 0.6 is 23.2 Å². The minimum atomic E-state index is -0.623. The van der Waals surface area contributed by atoms with Crippen molar-refractivity contribution in [2.45, 2.75) is 13.0 Å². The third-order valence-corrected chi connectivity index (χ3v) is 3.29. The van der Waals surface area contributed by atoms with Crippen molar-refractivity contribution >= 4 is 34.8 Å². The summed E-state index contributed by atoms with van der Waals surface area (Å²) in [6.07, 6.45) is 0. The number of benzene rings is 1. The fraction of sp³-hybridized carbons (Fsp3) is 0.417. The fourth-order valence-electron chi connectivity index (χ4n) is 1.74. The van der Waals surface area contributed by atoms with Crippen LogP contribution in [0.5, 0.6) is 0 Å². The van der Waals surface area contributed by atoms with Gasteiger partial charge in [0.25, 0.3) is 11.6 Å². The Bertz CT molecular complexity index is 535. The smallest absolute Gasteiger partial charge is 0.271 e. The third-order valence-electron chi connectivity index (χ3n) is 2.48. The van der Waals surface area contributed by atoms with Gasteiger partial charge >= 0.3 is 0 Å². The SMILES string of the molecule is CC(CN(C)C)NC(=O)c1cc([N+](=O)[O-])cc(Cl)c1Cl. The number of carbonyl (C=O) groups excluding carboxylic acids is 1. The Hall–Kier alpha value is -1.37. The molecule has 110 valence electrons. The number of amides is 1. The summed E-state index contributed by atoms with van der Waals surface area (Å²) in [5, 5.41) is 13.5. The van der Waals surface area contributed by atoms with Crippen LogP contribution in [0.4, 0.5) is 5.69 Å². The molecule has 6 nitrogen and oxygen atoms in total. The lowest BCUT2D eigenvalue weighted by molar-refractivity contribution is -0.384. The monoisotopic (exact) mass is 319 g/mol. The second-order valence-electron chi connectivity index (χ2n) is 4.68. The molecule has 1 amide bonds. The number of nitrogens with zero attached hydrogens (tertiary/aromatic N) is 2. The summed E-state index contributed by atoms with van der Waals surface area (Å²) < 4.78 is 0. The molecule has 1 unspecified atom stereocenters. The molecule has 8 heteroatoms. The van der Waals surface area contributed by atoms with Gasteiger partial charge in [0, 0.05) is 24.7 Å². The van der Waals surface area contributed by atoms with E-state index in [2.05, 4.69) is 5.32 Å². The Morgan fingerprint density at radius 3 is 2.55 bits per heavy atom. The zero-order valence-electron chi connectivity index (χ0n) is 11.3. The van der Waals surface area contributed by atoms with Crippen molar-refractivity contribution in [3.05, 3.63) is 37.9 Å². The van der Waals surface area contributed by atoms with E-state index in [1.807, 2.05) is 25.9 Å². The molecule has 1 N–H and O–H groups in total. The Balaban J connectivity index is 3.00. The Labute approximate surface area is 126 Å². The molecule has 0 saturated carbocycles. The quantitative estimate of drug-likeness (QED) is 0.668. The summed E-state index contributed by atoms with van der Waals surface area (Å²) in [6.45, 7) is 2.46. The summed E-state index contributed by atoms with van der Waals surface area (Å²) >= 11 is 11.7. The average Bonchev–Trinajstić information content (AvgIpc) is 2.30. The maximum Gasteiger partial charge on any atom is 0.271 e. The van der Waals surface area contributed by atoms with Gasteiger partial charge in [-0.15, -0.1) is 0 Å². The normalized spacial score (nSPS) is 12.3. The Morgan fingerprint density at radius 1 is 1.45 bits per heavy atom. The highest BCUT2D eigenvalue weighted by molar-refractivity contribution is 6.44. The largest absolute Gasteiger partial charge is 0.348 e. The minimum absolute atomic E-state index is 0.00327. The molecule has 0 radical (unpaired) electrons. The summed E-state index contributed by atoms with van der Waals surface area (Å²) in [7, 11) is 3.75. The maximum absolute atomic E-state index is 12.1. The first-order chi connectivity index (χ1) is 9.22. The van der Waals surface area contributed by atoms with E-state index in [1.54, 1.807) is 0 Å². The first-order valence-electron chi connectivity index (χ1n) is 5.81. The number of halogens is 2. The predicted molar refractivity (Wildman–Crippen MR) is 78.6 cm³/mol. The molecule has 1 atom stereocenters. The Kier molecular flexibility index (Phi) is 5.74. The molecule has 1 aromatic rings. The van der Waals surface area contributed by atoms with Gasteiger partial charge in [-0.25, -0.2) is 0 Å². The number of nitro benzene ring substituents is 1. The number of hydrogen-bond acceptors (Lipinski definition) is 4. The van der Waals surface area contributed by atoms with Crippen molar-refractivity contribution in [1.29, 1.82) is 0 Å². The number of nitro groups is 1. The molecular weight excluding hydrogens is 305 g/mol. The van der Waals surface area contributed by atoms with Crippen LogP contribution in [-0.2, 0) is 0 Å². The number of carbonyl (C=O) groups is 1. The van der Waals surface area contributed by atoms with Gasteiger partial charge in [-0.1, -0.05) is 23.2 Å². The molecule has 0 aliphatic carbocycles. The molecule has 0 saturated heterocycles. The van der Waals surface area contributed by atoms with Gasteiger partial charge in [-0.05, 0) is 21.0 Å². The number of likely N-dealkylation sites (N-methyl/N-ethyl adjacent to an activating group) is 1. The van der Waals surface area contributed by atoms with E-state index >= 15 is 0 Å². The van der Waals surface area contributed by atoms with Gasteiger partial charge in [0.2, 0.25) is 0 Å². The molecule has 1 aromatic carbocycles. The molecule has 0 heterocycles. The lowest BCUT2D eigenvalue weighted by Crippen LogP contribution is -2.39. The van der Waals surface area contributed by atoms with Gasteiger partial charge in [0.1, 0.15) is 0 Å². The first kappa shape index (κ1) is 16.7. The standard InChI is InChI=1S/C12H15Cl2N3O3/c1-7(6-16(2)3)15-12(18)9-4-8(17(19)20)5-10(13)11(9)14/h4-5,7H,6H2,1-3H3,(H,15,18). The zero-order chi connectivity index (χ0) is 15.4. The molecule has 0 fully saturated rings. The topological polar surface area (TPSA) is 75.5 Å². The summed E-state index contributed by atoms with van der Waals surface area (Å²) in [6, 6.07) is 2.10. The van der Waals surface area contributed by atoms with Gasteiger partial charge in [-0.2, -0.15) is 0 Å². The number of hydrogen-bond donors (Lipinski definition) is 1. The van der Waals surface area contributed by atoms with Gasteiger partial charge in [0.05, 0.1) is 20.5 Å². The van der Waals surface area contributed by atoms with Gasteiger partial charge < -0.3 is 10.2 Å². The van der Waals surface area contributed by atoms with Crippen LogP contribution in [0.15, 0.2) is 12.1 Å². The second-order valence-corrected chi connectivity index (χ2v) is 5.47. The lowest BCUT2D eigenvalue weighted by atomic mass is 10.1. The van der Waals surface area contributed by atoms with E-state index in [4.69, 9.17) is 23.2 Å². The van der Waals surface area contributed by atoms with Gasteiger partial charge in [-0.3, -0.25) is 14.9 Å². The van der Waals surface area contributed by atoms with Crippen molar-refractivity contribution in [3.8, 4) is 0 Å². The number of non-ortho nitro benzene ring substituents is 1. The fourth-order valence-corrected chi connectivity index (χ4v) is 2.15. The second kappa shape index (κ2) is 6.88. The van der Waals surface area contributed by atoms with Crippen molar-refractivity contribution in [3.63, 3.8) is 0 Å².